The van der Waals surface area contributed by atoms with Crippen LogP contribution in [0.5, 0.6) is 0 Å². The van der Waals surface area contributed by atoms with Gasteiger partial charge in [0.2, 0.25) is 0 Å². The summed E-state index contributed by atoms with van der Waals surface area (Å²) >= 11 is 3.55. The second kappa shape index (κ2) is 6.45. The molecule has 0 amide bonds. The molecule has 1 saturated carbocycles. The maximum Gasteiger partial charge on any atom is 0.190 e. The summed E-state index contributed by atoms with van der Waals surface area (Å²) in [6.45, 7) is 1.51. The third kappa shape index (κ3) is 2.48. The summed E-state index contributed by atoms with van der Waals surface area (Å²) in [6.07, 6.45) is 2.02. The summed E-state index contributed by atoms with van der Waals surface area (Å²) in [7, 11) is 2.06. The maximum absolute atomic E-state index is 9.94. The van der Waals surface area contributed by atoms with Crippen molar-refractivity contribution in [2.24, 2.45) is 17.3 Å². The van der Waals surface area contributed by atoms with Gasteiger partial charge in [-0.1, -0.05) is 34.1 Å². The number of nitrogens with one attached hydrogen (secondary N) is 2. The Balaban J connectivity index is 2.30. The van der Waals surface area contributed by atoms with Crippen LogP contribution in [0, 0.1) is 56.7 Å². The number of nitriles is 3. The Morgan fingerprint density at radius 1 is 1.24 bits per heavy atom. The van der Waals surface area contributed by atoms with Crippen molar-refractivity contribution in [3.63, 3.8) is 0 Å². The molecule has 2 aliphatic rings. The minimum Gasteiger partial charge on any atom is -0.334 e. The van der Waals surface area contributed by atoms with Gasteiger partial charge < -0.3 is 10.3 Å². The first-order valence-corrected chi connectivity index (χ1v) is 8.86. The van der Waals surface area contributed by atoms with E-state index in [1.165, 1.54) is 4.90 Å². The molecule has 1 aromatic carbocycles. The second-order valence-electron chi connectivity index (χ2n) is 6.68. The van der Waals surface area contributed by atoms with Crippen molar-refractivity contribution < 1.29 is 4.90 Å². The highest BCUT2D eigenvalue weighted by Gasteiger charge is 2.58. The maximum atomic E-state index is 9.94. The molecule has 3 rings (SSSR count). The van der Waals surface area contributed by atoms with Crippen LogP contribution in [0.3, 0.4) is 0 Å². The minimum absolute atomic E-state index is 0.0946. The normalized spacial score (nSPS) is 30.2. The van der Waals surface area contributed by atoms with Crippen LogP contribution in [-0.4, -0.2) is 25.8 Å². The Labute approximate surface area is 155 Å². The molecule has 124 valence electrons. The van der Waals surface area contributed by atoms with Gasteiger partial charge in [-0.15, -0.1) is 0 Å². The van der Waals surface area contributed by atoms with E-state index in [2.05, 4.69) is 41.2 Å². The molecular formula is C19H17BrN5+. The first kappa shape index (κ1) is 17.4. The highest BCUT2D eigenvalue weighted by Crippen LogP contribution is 2.53. The average molecular weight is 395 g/mol. The summed E-state index contributed by atoms with van der Waals surface area (Å²) in [5.74, 6) is -1.39. The molecule has 1 aliphatic carbocycles. The van der Waals surface area contributed by atoms with Gasteiger partial charge in [0.25, 0.3) is 0 Å². The molecule has 1 heterocycles. The van der Waals surface area contributed by atoms with Gasteiger partial charge >= 0.3 is 0 Å². The van der Waals surface area contributed by atoms with E-state index in [9.17, 15) is 15.8 Å². The van der Waals surface area contributed by atoms with Gasteiger partial charge in [0.05, 0.1) is 44.1 Å². The summed E-state index contributed by atoms with van der Waals surface area (Å²) in [5, 5.41) is 38.1. The number of hydrogen-bond donors (Lipinski definition) is 2. The van der Waals surface area contributed by atoms with Crippen molar-refractivity contribution in [3.05, 3.63) is 46.0 Å². The fourth-order valence-electron chi connectivity index (χ4n) is 4.13. The van der Waals surface area contributed by atoms with E-state index in [4.69, 9.17) is 5.41 Å². The van der Waals surface area contributed by atoms with Crippen LogP contribution >= 0.6 is 15.9 Å². The third-order valence-corrected chi connectivity index (χ3v) is 6.04. The first-order valence-electron chi connectivity index (χ1n) is 8.06. The van der Waals surface area contributed by atoms with E-state index < -0.39 is 17.3 Å². The monoisotopic (exact) mass is 394 g/mol. The molecule has 0 saturated heterocycles. The van der Waals surface area contributed by atoms with Crippen LogP contribution in [0.1, 0.15) is 11.5 Å². The van der Waals surface area contributed by atoms with Gasteiger partial charge in [-0.25, -0.2) is 0 Å². The number of fused-ring (bicyclic) bond motifs is 1. The fourth-order valence-corrected chi connectivity index (χ4v) is 4.66. The molecule has 2 unspecified atom stereocenters. The molecule has 1 fully saturated rings. The lowest BCUT2D eigenvalue weighted by atomic mass is 9.54. The zero-order chi connectivity index (χ0) is 18.2. The Hall–Kier alpha value is -2.46. The molecule has 4 atom stereocenters. The Morgan fingerprint density at radius 3 is 2.52 bits per heavy atom. The third-order valence-electron chi connectivity index (χ3n) is 5.32. The summed E-state index contributed by atoms with van der Waals surface area (Å²) < 4.78 is 0.820. The molecule has 1 aliphatic heterocycles. The highest BCUT2D eigenvalue weighted by molar-refractivity contribution is 9.10. The van der Waals surface area contributed by atoms with Gasteiger partial charge in [-0.05, 0) is 23.3 Å². The molecule has 25 heavy (non-hydrogen) atoms. The molecule has 0 radical (unpaired) electrons. The van der Waals surface area contributed by atoms with Crippen molar-refractivity contribution in [1.82, 2.24) is 0 Å². The minimum atomic E-state index is -1.64. The van der Waals surface area contributed by atoms with E-state index in [1.807, 2.05) is 30.3 Å². The molecule has 0 aromatic heterocycles. The number of likely N-dealkylation sites (N-methyl/N-ethyl adjacent to an activating group) is 1. The number of nitrogens with zero attached hydrogens (tertiary/aromatic N) is 3. The fraction of sp³-hybridized carbons (Fsp3) is 0.368. The lowest BCUT2D eigenvalue weighted by Gasteiger charge is -2.46. The summed E-state index contributed by atoms with van der Waals surface area (Å²) in [6, 6.07) is 13.9. The van der Waals surface area contributed by atoms with Gasteiger partial charge in [0.15, 0.2) is 5.41 Å². The molecule has 6 heteroatoms. The van der Waals surface area contributed by atoms with E-state index in [0.29, 0.717) is 0 Å². The number of benzene rings is 1. The molecule has 5 nitrogen and oxygen atoms in total. The van der Waals surface area contributed by atoms with Crippen LogP contribution in [-0.2, 0) is 0 Å². The topological polar surface area (TPSA) is 99.7 Å². The SMILES string of the molecule is C[NH+]1CC=C2C(C#N)C(=N)C(C#N)(C#N)[C@@H](c3ccccc3Br)[C@H]2C1. The quantitative estimate of drug-likeness (QED) is 0.710. The van der Waals surface area contributed by atoms with Crippen molar-refractivity contribution in [2.75, 3.05) is 20.1 Å². The summed E-state index contributed by atoms with van der Waals surface area (Å²) in [5.41, 5.74) is 0.00398. The molecule has 1 aromatic rings. The zero-order valence-corrected chi connectivity index (χ0v) is 15.3. The van der Waals surface area contributed by atoms with Gasteiger partial charge in [-0.2, -0.15) is 15.8 Å². The van der Waals surface area contributed by atoms with Crippen LogP contribution < -0.4 is 4.90 Å². The molecule has 2 N–H and O–H groups in total. The molecule has 0 spiro atoms. The number of hydrogen-bond acceptors (Lipinski definition) is 4. The number of halogens is 1. The Bertz CT molecular complexity index is 868. The standard InChI is InChI=1S/C19H16BrN5/c1-25-7-6-12-14(8-21)18(24)19(10-22,11-23)17(15(12)9-25)13-4-2-3-5-16(13)20/h2-6,14-15,17,24H,7,9H2,1H3/p+1/t14?,15-,17-/m0/s1. The number of rotatable bonds is 1. The van der Waals surface area contributed by atoms with Crippen molar-refractivity contribution in [3.8, 4) is 18.2 Å². The van der Waals surface area contributed by atoms with Crippen molar-refractivity contribution in [2.45, 2.75) is 5.92 Å². The predicted molar refractivity (Wildman–Crippen MR) is 95.6 cm³/mol. The highest BCUT2D eigenvalue weighted by atomic mass is 79.9. The smallest absolute Gasteiger partial charge is 0.190 e. The van der Waals surface area contributed by atoms with Crippen LogP contribution in [0.4, 0.5) is 0 Å². The number of quaternary nitrogens is 1. The van der Waals surface area contributed by atoms with E-state index in [1.54, 1.807) is 0 Å². The van der Waals surface area contributed by atoms with Crippen LogP contribution in [0.25, 0.3) is 0 Å². The first-order chi connectivity index (χ1) is 12.0. The largest absolute Gasteiger partial charge is 0.334 e. The lowest BCUT2D eigenvalue weighted by Crippen LogP contribution is -3.10. The molecule has 0 bridgehead atoms. The van der Waals surface area contributed by atoms with Crippen molar-refractivity contribution >= 4 is 21.6 Å². The van der Waals surface area contributed by atoms with Crippen LogP contribution in [0.2, 0.25) is 0 Å². The van der Waals surface area contributed by atoms with E-state index in [0.717, 1.165) is 28.7 Å². The second-order valence-corrected chi connectivity index (χ2v) is 7.54. The lowest BCUT2D eigenvalue weighted by molar-refractivity contribution is -0.878. The predicted octanol–water partition coefficient (Wildman–Crippen LogP) is 1.81. The van der Waals surface area contributed by atoms with Crippen molar-refractivity contribution in [1.29, 1.82) is 21.2 Å². The van der Waals surface area contributed by atoms with Crippen LogP contribution in [0.15, 0.2) is 40.4 Å². The Kier molecular flexibility index (Phi) is 4.48. The molecular weight excluding hydrogens is 378 g/mol. The van der Waals surface area contributed by atoms with E-state index in [-0.39, 0.29) is 11.6 Å². The van der Waals surface area contributed by atoms with E-state index >= 15 is 0 Å². The zero-order valence-electron chi connectivity index (χ0n) is 13.8. The van der Waals surface area contributed by atoms with Gasteiger partial charge in [0.1, 0.15) is 5.92 Å². The average Bonchev–Trinajstić information content (AvgIpc) is 2.62. The Morgan fingerprint density at radius 2 is 1.92 bits per heavy atom. The summed E-state index contributed by atoms with van der Waals surface area (Å²) in [4.78, 5) is 1.26. The van der Waals surface area contributed by atoms with Gasteiger partial charge in [0, 0.05) is 16.3 Å². The van der Waals surface area contributed by atoms with Gasteiger partial charge in [-0.3, -0.25) is 0 Å².